The first-order valence-electron chi connectivity index (χ1n) is 11.3. The molecule has 180 valence electrons. The average Bonchev–Trinajstić information content (AvgIpc) is 2.65. The molecule has 1 N–H and O–H groups in total. The molecule has 0 aliphatic rings. The molecule has 0 amide bonds. The molecule has 0 fully saturated rings. The maximum absolute atomic E-state index is 12.1. The van der Waals surface area contributed by atoms with Crippen molar-refractivity contribution >= 4 is 13.8 Å². The van der Waals surface area contributed by atoms with Gasteiger partial charge in [0.1, 0.15) is 19.3 Å². The zero-order valence-electron chi connectivity index (χ0n) is 19.8. The minimum absolute atomic E-state index is 0.0900. The molecule has 0 aromatic heterocycles. The van der Waals surface area contributed by atoms with Crippen LogP contribution in [0.2, 0.25) is 0 Å². The van der Waals surface area contributed by atoms with E-state index in [9.17, 15) is 14.3 Å². The molecule has 0 aliphatic heterocycles. The fraction of sp³-hybridized carbons (Fsp3) is 0.952. The number of hydrogen-bond acceptors (Lipinski definition) is 6. The maximum atomic E-state index is 12.1. The molecule has 0 spiro atoms. The number of carbonyl (C=O) groups is 1. The smallest absolute Gasteiger partial charge is 0.457 e. The van der Waals surface area contributed by atoms with Gasteiger partial charge in [-0.1, -0.05) is 52.4 Å². The van der Waals surface area contributed by atoms with Gasteiger partial charge in [0, 0.05) is 13.0 Å². The number of ether oxygens (including phenoxy) is 2. The Morgan fingerprint density at radius 1 is 0.900 bits per heavy atom. The summed E-state index contributed by atoms with van der Waals surface area (Å²) in [5.41, 5.74) is 0. The first-order chi connectivity index (χ1) is 14.1. The molecule has 0 radical (unpaired) electrons. The largest absolute Gasteiger partial charge is 0.472 e. The van der Waals surface area contributed by atoms with Gasteiger partial charge in [-0.15, -0.1) is 0 Å². The summed E-state index contributed by atoms with van der Waals surface area (Å²) in [5, 5.41) is 0. The molecule has 0 aromatic carbocycles. The molecule has 2 unspecified atom stereocenters. The third kappa shape index (κ3) is 19.5. The molecular formula is C21H45NO7P+. The van der Waals surface area contributed by atoms with Crippen LogP contribution in [-0.2, 0) is 27.9 Å². The standard InChI is InChI=1S/C21H44NO7P/c1-6-8-10-11-12-13-16-26-18-20(29-21(23)14-9-7-2)19-28-30(24,25)27-17-15-22(3,4)5/h20H,6-19H2,1-5H3/p+1. The second-order valence-electron chi connectivity index (χ2n) is 8.67. The Bertz CT molecular complexity index is 482. The van der Waals surface area contributed by atoms with E-state index in [0.29, 0.717) is 24.1 Å². The van der Waals surface area contributed by atoms with Gasteiger partial charge in [-0.05, 0) is 12.8 Å². The van der Waals surface area contributed by atoms with E-state index in [1.54, 1.807) is 0 Å². The Labute approximate surface area is 183 Å². The summed E-state index contributed by atoms with van der Waals surface area (Å²) >= 11 is 0. The second kappa shape index (κ2) is 17.1. The quantitative estimate of drug-likeness (QED) is 0.127. The molecule has 30 heavy (non-hydrogen) atoms. The van der Waals surface area contributed by atoms with Gasteiger partial charge in [0.05, 0.1) is 34.4 Å². The molecule has 0 heterocycles. The monoisotopic (exact) mass is 454 g/mol. The first-order valence-corrected chi connectivity index (χ1v) is 12.8. The summed E-state index contributed by atoms with van der Waals surface area (Å²) in [7, 11) is 1.66. The number of phosphoric ester groups is 1. The Kier molecular flexibility index (Phi) is 16.8. The van der Waals surface area contributed by atoms with Gasteiger partial charge >= 0.3 is 13.8 Å². The fourth-order valence-electron chi connectivity index (χ4n) is 2.53. The van der Waals surface area contributed by atoms with Crippen LogP contribution in [0.1, 0.15) is 71.6 Å². The van der Waals surface area contributed by atoms with Crippen molar-refractivity contribution in [3.05, 3.63) is 0 Å². The highest BCUT2D eigenvalue weighted by molar-refractivity contribution is 7.47. The highest BCUT2D eigenvalue weighted by atomic mass is 31.2. The minimum atomic E-state index is -4.21. The molecule has 8 nitrogen and oxygen atoms in total. The molecule has 0 rings (SSSR count). The molecule has 0 saturated heterocycles. The predicted octanol–water partition coefficient (Wildman–Crippen LogP) is 4.31. The van der Waals surface area contributed by atoms with E-state index in [-0.39, 0.29) is 25.8 Å². The van der Waals surface area contributed by atoms with E-state index in [1.807, 2.05) is 28.1 Å². The molecule has 0 aromatic rings. The zero-order valence-corrected chi connectivity index (χ0v) is 20.7. The summed E-state index contributed by atoms with van der Waals surface area (Å²) in [6.45, 7) is 5.28. The van der Waals surface area contributed by atoms with Gasteiger partial charge in [-0.2, -0.15) is 0 Å². The van der Waals surface area contributed by atoms with Crippen molar-refractivity contribution in [3.8, 4) is 0 Å². The first kappa shape index (κ1) is 29.5. The van der Waals surface area contributed by atoms with Gasteiger partial charge in [-0.3, -0.25) is 13.8 Å². The fourth-order valence-corrected chi connectivity index (χ4v) is 3.27. The molecule has 0 bridgehead atoms. The summed E-state index contributed by atoms with van der Waals surface area (Å²) in [6, 6.07) is 0. The van der Waals surface area contributed by atoms with Crippen molar-refractivity contribution in [2.24, 2.45) is 0 Å². The second-order valence-corrected chi connectivity index (χ2v) is 10.1. The van der Waals surface area contributed by atoms with Crippen LogP contribution in [0.25, 0.3) is 0 Å². The number of unbranched alkanes of at least 4 members (excludes halogenated alkanes) is 6. The zero-order chi connectivity index (χ0) is 22.9. The maximum Gasteiger partial charge on any atom is 0.472 e. The van der Waals surface area contributed by atoms with Crippen LogP contribution in [0, 0.1) is 0 Å². The third-order valence-corrected chi connectivity index (χ3v) is 5.40. The van der Waals surface area contributed by atoms with E-state index in [4.69, 9.17) is 18.5 Å². The summed E-state index contributed by atoms with van der Waals surface area (Å²) in [4.78, 5) is 21.8. The lowest BCUT2D eigenvalue weighted by atomic mass is 10.1. The molecular weight excluding hydrogens is 409 g/mol. The highest BCUT2D eigenvalue weighted by Gasteiger charge is 2.26. The van der Waals surface area contributed by atoms with Gasteiger partial charge in [-0.25, -0.2) is 4.57 Å². The van der Waals surface area contributed by atoms with Gasteiger partial charge in [0.2, 0.25) is 0 Å². The van der Waals surface area contributed by atoms with Crippen molar-refractivity contribution in [2.75, 3.05) is 54.1 Å². The Morgan fingerprint density at radius 2 is 1.53 bits per heavy atom. The van der Waals surface area contributed by atoms with Crippen molar-refractivity contribution in [1.29, 1.82) is 0 Å². The van der Waals surface area contributed by atoms with Crippen LogP contribution in [0.15, 0.2) is 0 Å². The van der Waals surface area contributed by atoms with E-state index in [0.717, 1.165) is 25.7 Å². The summed E-state index contributed by atoms with van der Waals surface area (Å²) < 4.78 is 33.8. The average molecular weight is 455 g/mol. The van der Waals surface area contributed by atoms with Crippen LogP contribution in [0.3, 0.4) is 0 Å². The molecule has 2 atom stereocenters. The number of phosphoric acid groups is 1. The number of nitrogens with zero attached hydrogens (tertiary/aromatic N) is 1. The van der Waals surface area contributed by atoms with Gasteiger partial charge in [0.15, 0.2) is 0 Å². The number of carbonyl (C=O) groups excluding carboxylic acids is 1. The van der Waals surface area contributed by atoms with Crippen molar-refractivity contribution in [3.63, 3.8) is 0 Å². The number of quaternary nitrogens is 1. The van der Waals surface area contributed by atoms with E-state index in [2.05, 4.69) is 6.92 Å². The lowest BCUT2D eigenvalue weighted by molar-refractivity contribution is -0.870. The Balaban J connectivity index is 4.37. The van der Waals surface area contributed by atoms with Crippen LogP contribution in [0.4, 0.5) is 0 Å². The van der Waals surface area contributed by atoms with Crippen molar-refractivity contribution in [2.45, 2.75) is 77.7 Å². The normalized spacial score (nSPS) is 15.0. The van der Waals surface area contributed by atoms with Crippen LogP contribution in [-0.4, -0.2) is 75.6 Å². The van der Waals surface area contributed by atoms with Crippen molar-refractivity contribution in [1.82, 2.24) is 0 Å². The van der Waals surface area contributed by atoms with Gasteiger partial charge in [0.25, 0.3) is 0 Å². The predicted molar refractivity (Wildman–Crippen MR) is 118 cm³/mol. The lowest BCUT2D eigenvalue weighted by Crippen LogP contribution is -2.37. The van der Waals surface area contributed by atoms with E-state index < -0.39 is 13.9 Å². The SMILES string of the molecule is CCCCCCCCOCC(COP(=O)(O)OCC[N+](C)(C)C)OC(=O)CCCC. The Hall–Kier alpha value is -0.500. The summed E-state index contributed by atoms with van der Waals surface area (Å²) in [6.07, 6.45) is 8.13. The van der Waals surface area contributed by atoms with Crippen LogP contribution >= 0.6 is 7.82 Å². The van der Waals surface area contributed by atoms with Gasteiger partial charge < -0.3 is 18.9 Å². The topological polar surface area (TPSA) is 91.3 Å². The highest BCUT2D eigenvalue weighted by Crippen LogP contribution is 2.43. The van der Waals surface area contributed by atoms with Crippen LogP contribution < -0.4 is 0 Å². The van der Waals surface area contributed by atoms with Crippen molar-refractivity contribution < 1.29 is 37.3 Å². The van der Waals surface area contributed by atoms with E-state index in [1.165, 1.54) is 25.7 Å². The third-order valence-electron chi connectivity index (χ3n) is 4.42. The van der Waals surface area contributed by atoms with Crippen LogP contribution in [0.5, 0.6) is 0 Å². The number of hydrogen-bond donors (Lipinski definition) is 1. The lowest BCUT2D eigenvalue weighted by Gasteiger charge is -2.24. The Morgan fingerprint density at radius 3 is 2.17 bits per heavy atom. The number of rotatable bonds is 20. The number of likely N-dealkylation sites (N-methyl/N-ethyl adjacent to an activating group) is 1. The number of esters is 1. The summed E-state index contributed by atoms with van der Waals surface area (Å²) in [5.74, 6) is -0.354. The molecule has 9 heteroatoms. The van der Waals surface area contributed by atoms with E-state index >= 15 is 0 Å². The minimum Gasteiger partial charge on any atom is -0.457 e. The molecule has 0 aliphatic carbocycles. The molecule has 0 saturated carbocycles.